The second-order valence-corrected chi connectivity index (χ2v) is 11.3. The van der Waals surface area contributed by atoms with Crippen LogP contribution in [0.4, 0.5) is 5.69 Å². The van der Waals surface area contributed by atoms with Crippen molar-refractivity contribution in [1.82, 2.24) is 5.32 Å². The van der Waals surface area contributed by atoms with Crippen LogP contribution in [0.5, 0.6) is 5.75 Å². The van der Waals surface area contributed by atoms with Gasteiger partial charge in [0, 0.05) is 17.7 Å². The van der Waals surface area contributed by atoms with Crippen LogP contribution in [0.15, 0.2) is 45.3 Å². The molecular formula is C26H30Br2N2O7. The van der Waals surface area contributed by atoms with Gasteiger partial charge in [-0.25, -0.2) is 4.79 Å². The van der Waals surface area contributed by atoms with Crippen LogP contribution < -0.4 is 10.6 Å². The van der Waals surface area contributed by atoms with E-state index in [1.807, 2.05) is 20.8 Å². The summed E-state index contributed by atoms with van der Waals surface area (Å²) in [5.41, 5.74) is 0.604. The molecule has 0 aliphatic heterocycles. The molecule has 2 unspecified atom stereocenters. The highest BCUT2D eigenvalue weighted by atomic mass is 79.9. The van der Waals surface area contributed by atoms with Crippen molar-refractivity contribution < 1.29 is 34.1 Å². The maximum atomic E-state index is 13.2. The quantitative estimate of drug-likeness (QED) is 0.195. The number of carbonyl (C=O) groups excluding carboxylic acids is 3. The fraction of sp³-hybridized carbons (Fsp3) is 0.385. The van der Waals surface area contributed by atoms with E-state index in [1.165, 1.54) is 24.3 Å². The number of benzene rings is 2. The number of halogens is 2. The normalized spacial score (nSPS) is 12.9. The van der Waals surface area contributed by atoms with E-state index in [1.54, 1.807) is 19.1 Å². The molecule has 0 spiro atoms. The molecule has 1 amide bonds. The van der Waals surface area contributed by atoms with E-state index >= 15 is 0 Å². The Labute approximate surface area is 232 Å². The largest absolute Gasteiger partial charge is 0.506 e. The summed E-state index contributed by atoms with van der Waals surface area (Å²) in [6.45, 7) is 7.68. The molecule has 0 aliphatic rings. The third-order valence-corrected chi connectivity index (χ3v) is 6.43. The van der Waals surface area contributed by atoms with Crippen molar-refractivity contribution in [3.63, 3.8) is 0 Å². The second-order valence-electron chi connectivity index (χ2n) is 9.58. The Morgan fingerprint density at radius 1 is 0.973 bits per heavy atom. The molecule has 4 N–H and O–H groups in total. The number of carboxylic acid groups (broad SMARTS) is 1. The minimum absolute atomic E-state index is 0.0818. The van der Waals surface area contributed by atoms with Gasteiger partial charge in [-0.2, -0.15) is 0 Å². The lowest BCUT2D eigenvalue weighted by atomic mass is 9.87. The maximum absolute atomic E-state index is 13.2. The zero-order valence-electron chi connectivity index (χ0n) is 20.9. The average Bonchev–Trinajstić information content (AvgIpc) is 2.80. The molecule has 0 radical (unpaired) electrons. The molecule has 2 aromatic rings. The van der Waals surface area contributed by atoms with Gasteiger partial charge in [0.15, 0.2) is 5.78 Å². The van der Waals surface area contributed by atoms with Gasteiger partial charge in [0.1, 0.15) is 11.8 Å². The molecule has 0 fully saturated rings. The van der Waals surface area contributed by atoms with Crippen molar-refractivity contribution in [3.8, 4) is 5.75 Å². The summed E-state index contributed by atoms with van der Waals surface area (Å²) in [5.74, 6) is -2.80. The molecule has 0 heterocycles. The molecule has 9 nitrogen and oxygen atoms in total. The summed E-state index contributed by atoms with van der Waals surface area (Å²) >= 11 is 6.32. The highest BCUT2D eigenvalue weighted by Crippen LogP contribution is 2.33. The smallest absolute Gasteiger partial charge is 0.338 e. The van der Waals surface area contributed by atoms with E-state index in [0.29, 0.717) is 11.3 Å². The lowest BCUT2D eigenvalue weighted by Gasteiger charge is -2.28. The first-order chi connectivity index (χ1) is 17.2. The van der Waals surface area contributed by atoms with E-state index in [4.69, 9.17) is 4.74 Å². The Morgan fingerprint density at radius 2 is 1.54 bits per heavy atom. The molecule has 2 atom stereocenters. The van der Waals surface area contributed by atoms with Crippen LogP contribution >= 0.6 is 31.9 Å². The van der Waals surface area contributed by atoms with Gasteiger partial charge in [-0.3, -0.25) is 19.7 Å². The van der Waals surface area contributed by atoms with Crippen LogP contribution in [-0.2, 0) is 14.3 Å². The van der Waals surface area contributed by atoms with Crippen LogP contribution in [0.3, 0.4) is 0 Å². The first-order valence-corrected chi connectivity index (χ1v) is 13.1. The van der Waals surface area contributed by atoms with Crippen LogP contribution in [0.1, 0.15) is 61.3 Å². The third kappa shape index (κ3) is 9.24. The molecule has 37 heavy (non-hydrogen) atoms. The van der Waals surface area contributed by atoms with Gasteiger partial charge in [0.25, 0.3) is 0 Å². The molecule has 0 aromatic heterocycles. The number of Topliss-reactive ketones (excluding diaryl/α,β-unsaturated/α-hetero) is 1. The number of amides is 1. The Balaban J connectivity index is 2.21. The van der Waals surface area contributed by atoms with Gasteiger partial charge in [0.05, 0.1) is 27.2 Å². The molecular weight excluding hydrogens is 612 g/mol. The molecule has 0 aliphatic carbocycles. The second kappa shape index (κ2) is 13.2. The SMILES string of the molecule is CCOC(=O)c1ccc(NC(=O)C(CC(C)(C)C)NC(CC(=O)c2cc(Br)c(O)c(Br)c2)C(=O)O)cc1. The highest BCUT2D eigenvalue weighted by molar-refractivity contribution is 9.11. The maximum Gasteiger partial charge on any atom is 0.338 e. The number of hydrogen-bond donors (Lipinski definition) is 4. The number of carboxylic acids is 1. The number of aliphatic carboxylic acids is 1. The Hall–Kier alpha value is -2.76. The van der Waals surface area contributed by atoms with Crippen LogP contribution in [0.2, 0.25) is 0 Å². The molecule has 11 heteroatoms. The van der Waals surface area contributed by atoms with E-state index < -0.39 is 42.1 Å². The number of rotatable bonds is 11. The topological polar surface area (TPSA) is 142 Å². The predicted octanol–water partition coefficient (Wildman–Crippen LogP) is 5.15. The number of esters is 1. The van der Waals surface area contributed by atoms with E-state index in [0.717, 1.165) is 0 Å². The molecule has 200 valence electrons. The van der Waals surface area contributed by atoms with E-state index in [-0.39, 0.29) is 38.7 Å². The van der Waals surface area contributed by atoms with Crippen molar-refractivity contribution in [1.29, 1.82) is 0 Å². The molecule has 0 saturated carbocycles. The van der Waals surface area contributed by atoms with Gasteiger partial charge >= 0.3 is 11.9 Å². The summed E-state index contributed by atoms with van der Waals surface area (Å²) in [6.07, 6.45) is -0.130. The summed E-state index contributed by atoms with van der Waals surface area (Å²) < 4.78 is 5.52. The standard InChI is InChI=1S/C26H30Br2N2O7/c1-5-37-25(36)14-6-8-16(9-7-14)29-23(33)20(13-26(2,3)4)30-19(24(34)35)12-21(31)15-10-17(27)22(32)18(28)11-15/h6-11,19-20,30,32H,5,12-13H2,1-4H3,(H,29,33)(H,34,35). The van der Waals surface area contributed by atoms with Crippen LogP contribution in [-0.4, -0.2) is 52.5 Å². The van der Waals surface area contributed by atoms with Crippen molar-refractivity contribution >= 4 is 61.2 Å². The number of ether oxygens (including phenoxy) is 1. The molecule has 2 aromatic carbocycles. The van der Waals surface area contributed by atoms with Gasteiger partial charge < -0.3 is 20.3 Å². The number of nitrogens with one attached hydrogen (secondary N) is 2. The fourth-order valence-corrected chi connectivity index (χ4v) is 4.65. The lowest BCUT2D eigenvalue weighted by molar-refractivity contribution is -0.139. The number of ketones is 1. The fourth-order valence-electron chi connectivity index (χ4n) is 3.46. The van der Waals surface area contributed by atoms with Crippen LogP contribution in [0.25, 0.3) is 0 Å². The summed E-state index contributed by atoms with van der Waals surface area (Å²) in [4.78, 5) is 49.9. The Bertz CT molecular complexity index is 1140. The third-order valence-electron chi connectivity index (χ3n) is 5.23. The Kier molecular flexibility index (Phi) is 10.8. The van der Waals surface area contributed by atoms with Crippen molar-refractivity contribution in [2.75, 3.05) is 11.9 Å². The van der Waals surface area contributed by atoms with E-state index in [2.05, 4.69) is 42.5 Å². The summed E-state index contributed by atoms with van der Waals surface area (Å²) in [6, 6.07) is 6.67. The van der Waals surface area contributed by atoms with Gasteiger partial charge in [-0.1, -0.05) is 20.8 Å². The zero-order chi connectivity index (χ0) is 27.9. The number of carbonyl (C=O) groups is 4. The summed E-state index contributed by atoms with van der Waals surface area (Å²) in [7, 11) is 0. The molecule has 0 saturated heterocycles. The first-order valence-electron chi connectivity index (χ1n) is 11.5. The number of aromatic hydroxyl groups is 1. The lowest BCUT2D eigenvalue weighted by Crippen LogP contribution is -2.51. The van der Waals surface area contributed by atoms with Crippen molar-refractivity contribution in [2.24, 2.45) is 5.41 Å². The van der Waals surface area contributed by atoms with E-state index in [9.17, 15) is 29.4 Å². The molecule has 0 bridgehead atoms. The van der Waals surface area contributed by atoms with Crippen molar-refractivity contribution in [3.05, 3.63) is 56.5 Å². The highest BCUT2D eigenvalue weighted by Gasteiger charge is 2.31. The average molecular weight is 642 g/mol. The number of phenols is 1. The zero-order valence-corrected chi connectivity index (χ0v) is 24.1. The summed E-state index contributed by atoms with van der Waals surface area (Å²) in [5, 5.41) is 25.3. The van der Waals surface area contributed by atoms with Crippen LogP contribution in [0, 0.1) is 5.41 Å². The Morgan fingerprint density at radius 3 is 2.03 bits per heavy atom. The van der Waals surface area contributed by atoms with Gasteiger partial charge in [-0.15, -0.1) is 0 Å². The van der Waals surface area contributed by atoms with Crippen molar-refractivity contribution in [2.45, 2.75) is 52.6 Å². The minimum Gasteiger partial charge on any atom is -0.506 e. The van der Waals surface area contributed by atoms with Gasteiger partial charge in [-0.05, 0) is 87.0 Å². The van der Waals surface area contributed by atoms with Gasteiger partial charge in [0.2, 0.25) is 5.91 Å². The predicted molar refractivity (Wildman–Crippen MR) is 146 cm³/mol. The molecule has 2 rings (SSSR count). The monoisotopic (exact) mass is 640 g/mol. The number of hydrogen-bond acceptors (Lipinski definition) is 7. The number of phenolic OH excluding ortho intramolecular Hbond substituents is 1. The number of anilines is 1. The minimum atomic E-state index is -1.34. The first kappa shape index (κ1) is 30.5.